The van der Waals surface area contributed by atoms with E-state index in [1.807, 2.05) is 42.5 Å². The van der Waals surface area contributed by atoms with Crippen molar-refractivity contribution in [1.82, 2.24) is 5.32 Å². The van der Waals surface area contributed by atoms with E-state index >= 15 is 0 Å². The van der Waals surface area contributed by atoms with Crippen LogP contribution in [-0.4, -0.2) is 49.4 Å². The van der Waals surface area contributed by atoms with Crippen molar-refractivity contribution in [3.05, 3.63) is 113 Å². The minimum atomic E-state index is -0.950. The Kier molecular flexibility index (Phi) is 7.37. The second kappa shape index (κ2) is 11.2. The van der Waals surface area contributed by atoms with Crippen molar-refractivity contribution in [2.75, 3.05) is 18.6 Å². The second-order valence-electron chi connectivity index (χ2n) is 9.11. The van der Waals surface area contributed by atoms with E-state index < -0.39 is 42.3 Å². The number of ether oxygens (including phenoxy) is 2. The van der Waals surface area contributed by atoms with Gasteiger partial charge < -0.3 is 14.8 Å². The Balaban J connectivity index is 1.23. The quantitative estimate of drug-likeness (QED) is 0.269. The summed E-state index contributed by atoms with van der Waals surface area (Å²) in [6.45, 7) is -0.618. The molecular weight excluding hydrogens is 512 g/mol. The van der Waals surface area contributed by atoms with Crippen molar-refractivity contribution in [3.63, 3.8) is 0 Å². The Labute approximate surface area is 229 Å². The van der Waals surface area contributed by atoms with E-state index in [-0.39, 0.29) is 17.7 Å². The van der Waals surface area contributed by atoms with Crippen molar-refractivity contribution in [2.45, 2.75) is 12.5 Å². The van der Waals surface area contributed by atoms with Crippen LogP contribution in [0.5, 0.6) is 0 Å². The zero-order chi connectivity index (χ0) is 28.2. The maximum atomic E-state index is 13.2. The Morgan fingerprint density at radius 3 is 2.02 bits per heavy atom. The van der Waals surface area contributed by atoms with Crippen LogP contribution in [0.15, 0.2) is 91.0 Å². The number of esters is 2. The third-order valence-electron chi connectivity index (χ3n) is 6.57. The number of carbonyl (C=O) groups excluding carboxylic acids is 5. The number of nitrogens with one attached hydrogen (secondary N) is 1. The summed E-state index contributed by atoms with van der Waals surface area (Å²) in [5, 5.41) is 3.95. The average Bonchev–Trinajstić information content (AvgIpc) is 2.98. The number of hydrogen-bond donors (Lipinski definition) is 1. The van der Waals surface area contributed by atoms with E-state index in [1.54, 1.807) is 24.3 Å². The normalized spacial score (nSPS) is 13.1. The molecule has 3 amide bonds. The molecule has 1 heterocycles. The molecule has 40 heavy (non-hydrogen) atoms. The fourth-order valence-corrected chi connectivity index (χ4v) is 4.65. The lowest BCUT2D eigenvalue weighted by molar-refractivity contribution is -0.145. The highest BCUT2D eigenvalue weighted by Crippen LogP contribution is 2.32. The molecule has 9 heteroatoms. The zero-order valence-electron chi connectivity index (χ0n) is 21.5. The van der Waals surface area contributed by atoms with Gasteiger partial charge >= 0.3 is 11.9 Å². The lowest BCUT2D eigenvalue weighted by Gasteiger charge is -2.27. The Hall–Kier alpha value is -5.31. The maximum Gasteiger partial charge on any atom is 0.338 e. The van der Waals surface area contributed by atoms with Crippen LogP contribution in [0.25, 0.3) is 10.8 Å². The number of amides is 3. The van der Waals surface area contributed by atoms with Crippen LogP contribution >= 0.6 is 0 Å². The fraction of sp³-hybridized carbons (Fsp3) is 0.129. The predicted molar refractivity (Wildman–Crippen MR) is 146 cm³/mol. The number of carbonyl (C=O) groups is 5. The number of benzene rings is 4. The molecule has 1 aliphatic rings. The summed E-state index contributed by atoms with van der Waals surface area (Å²) in [4.78, 5) is 64.7. The minimum absolute atomic E-state index is 0.116. The van der Waals surface area contributed by atoms with Crippen molar-refractivity contribution in [3.8, 4) is 0 Å². The molecule has 0 aromatic heterocycles. The molecule has 0 fully saturated rings. The van der Waals surface area contributed by atoms with Crippen molar-refractivity contribution < 1.29 is 33.4 Å². The van der Waals surface area contributed by atoms with Gasteiger partial charge in [-0.15, -0.1) is 0 Å². The molecule has 200 valence electrons. The molecule has 1 N–H and O–H groups in total. The Morgan fingerprint density at radius 1 is 0.800 bits per heavy atom. The Morgan fingerprint density at radius 2 is 1.43 bits per heavy atom. The van der Waals surface area contributed by atoms with Gasteiger partial charge in [-0.05, 0) is 47.3 Å². The monoisotopic (exact) mass is 536 g/mol. The molecule has 4 aromatic rings. The number of hydrogen-bond acceptors (Lipinski definition) is 7. The molecule has 0 saturated heterocycles. The number of anilines is 1. The Bertz CT molecular complexity index is 1580. The standard InChI is InChI=1S/C31H24N2O7/c1-39-31(38)25(17-19-7-3-2-4-8-19)32-26(34)18-40-30(37)21-13-15-22(16-14-21)33-28(35)23-11-5-9-20-10-6-12-24(27(20)23)29(33)36/h2-16,25H,17-18H2,1H3,(H,32,34)/t25-/m1/s1. The molecule has 0 bridgehead atoms. The summed E-state index contributed by atoms with van der Waals surface area (Å²) in [6.07, 6.45) is 0.210. The van der Waals surface area contributed by atoms with E-state index in [9.17, 15) is 24.0 Å². The molecule has 1 aliphatic heterocycles. The van der Waals surface area contributed by atoms with Gasteiger partial charge in [-0.2, -0.15) is 0 Å². The van der Waals surface area contributed by atoms with Gasteiger partial charge in [0.15, 0.2) is 6.61 Å². The van der Waals surface area contributed by atoms with Gasteiger partial charge in [0.1, 0.15) is 6.04 Å². The molecular formula is C31H24N2O7. The highest BCUT2D eigenvalue weighted by Gasteiger charge is 2.34. The molecule has 0 spiro atoms. The van der Waals surface area contributed by atoms with Gasteiger partial charge in [0.25, 0.3) is 17.7 Å². The van der Waals surface area contributed by atoms with Gasteiger partial charge in [-0.3, -0.25) is 14.4 Å². The first-order valence-corrected chi connectivity index (χ1v) is 12.5. The summed E-state index contributed by atoms with van der Waals surface area (Å²) < 4.78 is 9.90. The molecule has 4 aromatic carbocycles. The summed E-state index contributed by atoms with van der Waals surface area (Å²) in [7, 11) is 1.22. The van der Waals surface area contributed by atoms with Crippen LogP contribution in [0.3, 0.4) is 0 Å². The number of rotatable bonds is 8. The minimum Gasteiger partial charge on any atom is -0.467 e. The largest absolute Gasteiger partial charge is 0.467 e. The molecule has 0 aliphatic carbocycles. The molecule has 0 unspecified atom stereocenters. The van der Waals surface area contributed by atoms with Crippen LogP contribution in [-0.2, 0) is 25.5 Å². The van der Waals surface area contributed by atoms with E-state index in [4.69, 9.17) is 9.47 Å². The SMILES string of the molecule is COC(=O)[C@@H](Cc1ccccc1)NC(=O)COC(=O)c1ccc(N2C(=O)c3cccc4cccc(c34)C2=O)cc1. The number of methoxy groups -OCH3 is 1. The van der Waals surface area contributed by atoms with Crippen LogP contribution in [0.1, 0.15) is 36.6 Å². The van der Waals surface area contributed by atoms with Gasteiger partial charge in [0, 0.05) is 22.9 Å². The van der Waals surface area contributed by atoms with Crippen LogP contribution in [0.4, 0.5) is 5.69 Å². The van der Waals surface area contributed by atoms with E-state index in [2.05, 4.69) is 5.32 Å². The molecule has 9 nitrogen and oxygen atoms in total. The number of imide groups is 1. The molecule has 1 atom stereocenters. The summed E-state index contributed by atoms with van der Waals surface area (Å²) in [5.41, 5.74) is 2.06. The molecule has 5 rings (SSSR count). The summed E-state index contributed by atoms with van der Waals surface area (Å²) in [5.74, 6) is -3.01. The second-order valence-corrected chi connectivity index (χ2v) is 9.11. The fourth-order valence-electron chi connectivity index (χ4n) is 4.65. The summed E-state index contributed by atoms with van der Waals surface area (Å²) >= 11 is 0. The van der Waals surface area contributed by atoms with Crippen LogP contribution < -0.4 is 10.2 Å². The van der Waals surface area contributed by atoms with Gasteiger partial charge in [0.05, 0.1) is 18.4 Å². The van der Waals surface area contributed by atoms with Gasteiger partial charge in [-0.1, -0.05) is 54.6 Å². The first kappa shape index (κ1) is 26.3. The van der Waals surface area contributed by atoms with Crippen LogP contribution in [0, 0.1) is 0 Å². The van der Waals surface area contributed by atoms with Gasteiger partial charge in [0.2, 0.25) is 0 Å². The first-order chi connectivity index (χ1) is 19.4. The maximum absolute atomic E-state index is 13.2. The van der Waals surface area contributed by atoms with E-state index in [0.717, 1.165) is 15.8 Å². The molecule has 0 saturated carbocycles. The highest BCUT2D eigenvalue weighted by atomic mass is 16.5. The first-order valence-electron chi connectivity index (χ1n) is 12.5. The summed E-state index contributed by atoms with van der Waals surface area (Å²) in [6, 6.07) is 24.5. The number of nitrogens with zero attached hydrogens (tertiary/aromatic N) is 1. The predicted octanol–water partition coefficient (Wildman–Crippen LogP) is 3.70. The van der Waals surface area contributed by atoms with Crippen LogP contribution in [0.2, 0.25) is 0 Å². The smallest absolute Gasteiger partial charge is 0.338 e. The van der Waals surface area contributed by atoms with Gasteiger partial charge in [-0.25, -0.2) is 14.5 Å². The van der Waals surface area contributed by atoms with Crippen molar-refractivity contribution in [1.29, 1.82) is 0 Å². The lowest BCUT2D eigenvalue weighted by Crippen LogP contribution is -2.44. The third kappa shape index (κ3) is 5.17. The average molecular weight is 537 g/mol. The lowest BCUT2D eigenvalue weighted by atomic mass is 9.94. The van der Waals surface area contributed by atoms with Crippen molar-refractivity contribution >= 4 is 46.1 Å². The zero-order valence-corrected chi connectivity index (χ0v) is 21.5. The third-order valence-corrected chi connectivity index (χ3v) is 6.57. The van der Waals surface area contributed by atoms with Crippen molar-refractivity contribution in [2.24, 2.45) is 0 Å². The van der Waals surface area contributed by atoms with E-state index in [0.29, 0.717) is 16.5 Å². The molecule has 0 radical (unpaired) electrons. The highest BCUT2D eigenvalue weighted by molar-refractivity contribution is 6.35. The topological polar surface area (TPSA) is 119 Å². The van der Waals surface area contributed by atoms with E-state index in [1.165, 1.54) is 31.4 Å².